The maximum absolute atomic E-state index is 12.8. The van der Waals surface area contributed by atoms with Gasteiger partial charge in [0.2, 0.25) is 0 Å². The standard InChI is InChI=1S/C26H33N5O5/c1-4-35-24(32)14-15-31(25(33)27-17-20-10-8-18(2)9-11-20)26(34)29-30-28-21-12-13-23(19(3)16-21)36-22-6-5-7-22/h8-11,16,22,28,30H,4-7,14-15,17H2,1-3H3,(H,27,33)(H,29,34). The van der Waals surface area contributed by atoms with Crippen LogP contribution in [-0.2, 0) is 16.1 Å². The number of benzene rings is 1. The van der Waals surface area contributed by atoms with E-state index in [0.29, 0.717) is 11.4 Å². The van der Waals surface area contributed by atoms with Crippen molar-refractivity contribution in [2.45, 2.75) is 59.1 Å². The highest BCUT2D eigenvalue weighted by Gasteiger charge is 2.23. The van der Waals surface area contributed by atoms with Gasteiger partial charge in [0.1, 0.15) is 5.69 Å². The van der Waals surface area contributed by atoms with E-state index in [1.807, 2.05) is 38.1 Å². The molecular weight excluding hydrogens is 462 g/mol. The maximum atomic E-state index is 12.8. The Morgan fingerprint density at radius 2 is 1.83 bits per heavy atom. The Balaban J connectivity index is 1.53. The number of esters is 1. The van der Waals surface area contributed by atoms with Gasteiger partial charge in [-0.25, -0.2) is 14.5 Å². The number of carbonyl (C=O) groups is 3. The fourth-order valence-corrected chi connectivity index (χ4v) is 3.32. The molecule has 1 fully saturated rings. The summed E-state index contributed by atoms with van der Waals surface area (Å²) in [6.07, 6.45) is 3.38. The van der Waals surface area contributed by atoms with Gasteiger partial charge in [-0.15, -0.1) is 5.53 Å². The van der Waals surface area contributed by atoms with Gasteiger partial charge in [0.15, 0.2) is 5.75 Å². The quantitative estimate of drug-likeness (QED) is 0.278. The molecule has 192 valence electrons. The minimum Gasteiger partial charge on any atom is -0.482 e. The molecule has 1 aliphatic carbocycles. The second-order valence-corrected chi connectivity index (χ2v) is 8.52. The van der Waals surface area contributed by atoms with Crippen molar-refractivity contribution in [1.29, 1.82) is 0 Å². The van der Waals surface area contributed by atoms with Crippen LogP contribution in [0.25, 0.3) is 0 Å². The van der Waals surface area contributed by atoms with Crippen LogP contribution >= 0.6 is 0 Å². The second kappa shape index (κ2) is 13.2. The molecule has 10 heteroatoms. The molecule has 0 bridgehead atoms. The second-order valence-electron chi connectivity index (χ2n) is 8.52. The van der Waals surface area contributed by atoms with E-state index in [4.69, 9.17) is 9.47 Å². The van der Waals surface area contributed by atoms with E-state index in [1.165, 1.54) is 6.42 Å². The largest absolute Gasteiger partial charge is 0.482 e. The van der Waals surface area contributed by atoms with Gasteiger partial charge < -0.3 is 14.8 Å². The maximum Gasteiger partial charge on any atom is 0.341 e. The summed E-state index contributed by atoms with van der Waals surface area (Å²) in [5, 5.41) is 2.70. The van der Waals surface area contributed by atoms with Crippen LogP contribution in [0.15, 0.2) is 30.3 Å². The van der Waals surface area contributed by atoms with Crippen molar-refractivity contribution in [2.24, 2.45) is 0 Å². The SMILES string of the molecule is CCOC(=O)CCN(C(=O)NCc1ccc(C)cc1)C(=O)NNNc1c#cc(OC2CCC2)c(C)c1. The molecule has 0 atom stereocenters. The first-order chi connectivity index (χ1) is 17.4. The lowest BCUT2D eigenvalue weighted by Crippen LogP contribution is -2.53. The normalized spacial score (nSPS) is 12.5. The Morgan fingerprint density at radius 3 is 2.47 bits per heavy atom. The highest BCUT2D eigenvalue weighted by molar-refractivity contribution is 5.93. The zero-order valence-electron chi connectivity index (χ0n) is 20.9. The lowest BCUT2D eigenvalue weighted by atomic mass is 9.96. The molecule has 4 N–H and O–H groups in total. The zero-order valence-corrected chi connectivity index (χ0v) is 20.9. The first kappa shape index (κ1) is 26.6. The van der Waals surface area contributed by atoms with E-state index < -0.39 is 18.0 Å². The Kier molecular flexibility index (Phi) is 9.77. The first-order valence-electron chi connectivity index (χ1n) is 12.0. The minimum atomic E-state index is -0.751. The number of rotatable bonds is 11. The van der Waals surface area contributed by atoms with Crippen molar-refractivity contribution in [3.63, 3.8) is 0 Å². The number of ether oxygens (including phenoxy) is 2. The van der Waals surface area contributed by atoms with Crippen molar-refractivity contribution in [3.8, 4) is 5.75 Å². The molecule has 2 aromatic carbocycles. The highest BCUT2D eigenvalue weighted by Crippen LogP contribution is 2.26. The van der Waals surface area contributed by atoms with Crippen LogP contribution in [0.3, 0.4) is 0 Å². The third-order valence-corrected chi connectivity index (χ3v) is 5.63. The topological polar surface area (TPSA) is 121 Å². The predicted octanol–water partition coefficient (Wildman–Crippen LogP) is 3.54. The summed E-state index contributed by atoms with van der Waals surface area (Å²) in [5.74, 6) is 0.155. The van der Waals surface area contributed by atoms with Gasteiger partial charge in [-0.3, -0.25) is 15.6 Å². The lowest BCUT2D eigenvalue weighted by Gasteiger charge is -2.26. The van der Waals surface area contributed by atoms with Gasteiger partial charge in [-0.1, -0.05) is 29.8 Å². The number of nitrogens with one attached hydrogen (secondary N) is 4. The van der Waals surface area contributed by atoms with Crippen molar-refractivity contribution >= 4 is 23.7 Å². The van der Waals surface area contributed by atoms with E-state index in [9.17, 15) is 14.4 Å². The lowest BCUT2D eigenvalue weighted by molar-refractivity contribution is -0.143. The molecule has 1 saturated carbocycles. The smallest absolute Gasteiger partial charge is 0.341 e. The van der Waals surface area contributed by atoms with E-state index in [1.54, 1.807) is 13.0 Å². The molecule has 0 spiro atoms. The average Bonchev–Trinajstić information content (AvgIpc) is 2.82. The number of hydrazine groups is 2. The summed E-state index contributed by atoms with van der Waals surface area (Å²) in [7, 11) is 0. The highest BCUT2D eigenvalue weighted by atomic mass is 16.5. The summed E-state index contributed by atoms with van der Waals surface area (Å²) in [5.41, 5.74) is 11.1. The van der Waals surface area contributed by atoms with Crippen LogP contribution in [0.4, 0.5) is 15.3 Å². The Morgan fingerprint density at radius 1 is 1.08 bits per heavy atom. The molecular formula is C26H33N5O5. The predicted molar refractivity (Wildman–Crippen MR) is 134 cm³/mol. The fraction of sp³-hybridized carbons (Fsp3) is 0.423. The summed E-state index contributed by atoms with van der Waals surface area (Å²) in [4.78, 5) is 38.2. The van der Waals surface area contributed by atoms with E-state index >= 15 is 0 Å². The summed E-state index contributed by atoms with van der Waals surface area (Å²) in [6.45, 7) is 5.85. The number of anilines is 1. The summed E-state index contributed by atoms with van der Waals surface area (Å²) in [6, 6.07) is 14.0. The van der Waals surface area contributed by atoms with Crippen LogP contribution in [0, 0.1) is 26.0 Å². The Labute approximate surface area is 211 Å². The molecule has 2 aromatic rings. The first-order valence-corrected chi connectivity index (χ1v) is 12.0. The van der Waals surface area contributed by atoms with Crippen molar-refractivity contribution in [1.82, 2.24) is 21.2 Å². The van der Waals surface area contributed by atoms with Crippen LogP contribution in [-0.4, -0.2) is 42.2 Å². The number of hydrogen-bond donors (Lipinski definition) is 4. The number of aryl methyl sites for hydroxylation is 2. The van der Waals surface area contributed by atoms with Gasteiger partial charge in [0, 0.05) is 18.7 Å². The van der Waals surface area contributed by atoms with Gasteiger partial charge in [0.05, 0.1) is 19.1 Å². The van der Waals surface area contributed by atoms with E-state index in [-0.39, 0.29) is 32.2 Å². The molecule has 36 heavy (non-hydrogen) atoms. The van der Waals surface area contributed by atoms with Gasteiger partial charge in [0.25, 0.3) is 0 Å². The van der Waals surface area contributed by atoms with Crippen molar-refractivity contribution < 1.29 is 23.9 Å². The molecule has 0 saturated heterocycles. The molecule has 0 unspecified atom stereocenters. The van der Waals surface area contributed by atoms with Crippen LogP contribution in [0.2, 0.25) is 0 Å². The summed E-state index contributed by atoms with van der Waals surface area (Å²) < 4.78 is 10.8. The minimum absolute atomic E-state index is 0.128. The number of imide groups is 1. The molecule has 10 nitrogen and oxygen atoms in total. The van der Waals surface area contributed by atoms with Crippen molar-refractivity contribution in [3.05, 3.63) is 59.2 Å². The number of amides is 4. The number of hydrogen-bond acceptors (Lipinski definition) is 7. The van der Waals surface area contributed by atoms with Gasteiger partial charge >= 0.3 is 18.0 Å². The summed E-state index contributed by atoms with van der Waals surface area (Å²) >= 11 is 0. The molecule has 0 aliphatic heterocycles. The average molecular weight is 496 g/mol. The number of urea groups is 2. The Bertz CT molecular complexity index is 1040. The molecule has 3 rings (SSSR count). The molecule has 0 radical (unpaired) electrons. The van der Waals surface area contributed by atoms with Crippen LogP contribution in [0.1, 0.15) is 49.3 Å². The molecule has 0 heterocycles. The van der Waals surface area contributed by atoms with Gasteiger partial charge in [-0.05, 0) is 63.8 Å². The van der Waals surface area contributed by atoms with E-state index in [2.05, 4.69) is 33.8 Å². The number of nitrogens with zero attached hydrogens (tertiary/aromatic N) is 1. The van der Waals surface area contributed by atoms with Crippen LogP contribution < -0.4 is 26.4 Å². The fourth-order valence-electron chi connectivity index (χ4n) is 3.32. The third kappa shape index (κ3) is 8.06. The van der Waals surface area contributed by atoms with Crippen LogP contribution in [0.5, 0.6) is 5.75 Å². The van der Waals surface area contributed by atoms with Gasteiger partial charge in [-0.2, -0.15) is 0 Å². The van der Waals surface area contributed by atoms with Crippen molar-refractivity contribution in [2.75, 3.05) is 18.6 Å². The van der Waals surface area contributed by atoms with E-state index in [0.717, 1.165) is 34.4 Å². The molecule has 4 amide bonds. The number of carbonyl (C=O) groups excluding carboxylic acids is 3. The third-order valence-electron chi connectivity index (χ3n) is 5.63. The Hall–Kier alpha value is -3.97. The monoisotopic (exact) mass is 495 g/mol. The molecule has 0 aromatic heterocycles. The molecule has 1 aliphatic rings. The zero-order chi connectivity index (χ0) is 25.9.